The zero-order valence-electron chi connectivity index (χ0n) is 11.8. The quantitative estimate of drug-likeness (QED) is 0.922. The number of hydrogen-bond acceptors (Lipinski definition) is 2. The highest BCUT2D eigenvalue weighted by atomic mass is 16.5. The zero-order chi connectivity index (χ0) is 14.7. The van der Waals surface area contributed by atoms with Gasteiger partial charge in [-0.3, -0.25) is 4.79 Å². The molecule has 0 aromatic heterocycles. The SMILES string of the molecule is O=C(O)Cc1ccccc1Oc1cccc2c1CCCC2. The Balaban J connectivity index is 1.92. The summed E-state index contributed by atoms with van der Waals surface area (Å²) in [5.41, 5.74) is 3.33. The van der Waals surface area contributed by atoms with Gasteiger partial charge in [0.05, 0.1) is 6.42 Å². The minimum atomic E-state index is -0.846. The summed E-state index contributed by atoms with van der Waals surface area (Å²) in [6.07, 6.45) is 4.53. The molecule has 0 unspecified atom stereocenters. The predicted molar refractivity (Wildman–Crippen MR) is 80.9 cm³/mol. The number of aliphatic carboxylic acids is 1. The molecular weight excluding hydrogens is 264 g/mol. The number of para-hydroxylation sites is 1. The molecule has 0 fully saturated rings. The predicted octanol–water partition coefficient (Wildman–Crippen LogP) is 3.98. The fraction of sp³-hybridized carbons (Fsp3) is 0.278. The van der Waals surface area contributed by atoms with Gasteiger partial charge >= 0.3 is 5.97 Å². The highest BCUT2D eigenvalue weighted by Crippen LogP contribution is 2.33. The molecule has 0 aliphatic heterocycles. The lowest BCUT2D eigenvalue weighted by Crippen LogP contribution is -2.06. The molecule has 1 aliphatic carbocycles. The van der Waals surface area contributed by atoms with Gasteiger partial charge in [0.1, 0.15) is 11.5 Å². The minimum absolute atomic E-state index is 0.0226. The van der Waals surface area contributed by atoms with E-state index >= 15 is 0 Å². The van der Waals surface area contributed by atoms with Gasteiger partial charge in [0.15, 0.2) is 0 Å². The molecule has 0 amide bonds. The van der Waals surface area contributed by atoms with Crippen LogP contribution in [0, 0.1) is 0 Å². The second-order valence-corrected chi connectivity index (χ2v) is 5.38. The number of fused-ring (bicyclic) bond motifs is 1. The maximum absolute atomic E-state index is 11.0. The van der Waals surface area contributed by atoms with E-state index in [0.717, 1.165) is 18.6 Å². The van der Waals surface area contributed by atoms with Crippen LogP contribution in [-0.2, 0) is 24.1 Å². The van der Waals surface area contributed by atoms with Gasteiger partial charge < -0.3 is 9.84 Å². The highest BCUT2D eigenvalue weighted by molar-refractivity contribution is 5.71. The Bertz CT molecular complexity index is 661. The summed E-state index contributed by atoms with van der Waals surface area (Å²) < 4.78 is 6.05. The Morgan fingerprint density at radius 1 is 1.00 bits per heavy atom. The number of aryl methyl sites for hydroxylation is 1. The first-order valence-corrected chi connectivity index (χ1v) is 7.32. The van der Waals surface area contributed by atoms with Crippen molar-refractivity contribution < 1.29 is 14.6 Å². The molecule has 0 radical (unpaired) electrons. The maximum atomic E-state index is 11.0. The van der Waals surface area contributed by atoms with Crippen LogP contribution in [0.4, 0.5) is 0 Å². The molecule has 3 heteroatoms. The van der Waals surface area contributed by atoms with Crippen molar-refractivity contribution in [2.24, 2.45) is 0 Å². The molecule has 21 heavy (non-hydrogen) atoms. The Hall–Kier alpha value is -2.29. The first kappa shape index (κ1) is 13.7. The summed E-state index contributed by atoms with van der Waals surface area (Å²) in [7, 11) is 0. The van der Waals surface area contributed by atoms with E-state index in [0.29, 0.717) is 11.3 Å². The lowest BCUT2D eigenvalue weighted by molar-refractivity contribution is -0.136. The molecule has 2 aromatic carbocycles. The molecular formula is C18H18O3. The topological polar surface area (TPSA) is 46.5 Å². The van der Waals surface area contributed by atoms with Crippen LogP contribution in [-0.4, -0.2) is 11.1 Å². The van der Waals surface area contributed by atoms with Gasteiger partial charge in [0, 0.05) is 5.56 Å². The van der Waals surface area contributed by atoms with Gasteiger partial charge in [0.2, 0.25) is 0 Å². The van der Waals surface area contributed by atoms with Crippen LogP contribution >= 0.6 is 0 Å². The van der Waals surface area contributed by atoms with E-state index < -0.39 is 5.97 Å². The summed E-state index contributed by atoms with van der Waals surface area (Å²) in [6.45, 7) is 0. The summed E-state index contributed by atoms with van der Waals surface area (Å²) in [6, 6.07) is 13.5. The van der Waals surface area contributed by atoms with Crippen LogP contribution in [0.1, 0.15) is 29.5 Å². The van der Waals surface area contributed by atoms with E-state index in [1.54, 1.807) is 6.07 Å². The van der Waals surface area contributed by atoms with Gasteiger partial charge in [-0.2, -0.15) is 0 Å². The van der Waals surface area contributed by atoms with Crippen molar-refractivity contribution in [1.82, 2.24) is 0 Å². The number of ether oxygens (including phenoxy) is 1. The number of benzene rings is 2. The molecule has 0 spiro atoms. The Kier molecular flexibility index (Phi) is 3.91. The van der Waals surface area contributed by atoms with Crippen LogP contribution in [0.2, 0.25) is 0 Å². The Labute approximate surface area is 124 Å². The van der Waals surface area contributed by atoms with Gasteiger partial charge in [-0.05, 0) is 48.9 Å². The van der Waals surface area contributed by atoms with Crippen LogP contribution < -0.4 is 4.74 Å². The molecule has 1 aliphatic rings. The van der Waals surface area contributed by atoms with Crippen LogP contribution in [0.15, 0.2) is 42.5 Å². The van der Waals surface area contributed by atoms with Crippen molar-refractivity contribution in [2.75, 3.05) is 0 Å². The fourth-order valence-electron chi connectivity index (χ4n) is 2.87. The summed E-state index contributed by atoms with van der Waals surface area (Å²) >= 11 is 0. The van der Waals surface area contributed by atoms with E-state index in [1.807, 2.05) is 30.3 Å². The molecule has 108 valence electrons. The van der Waals surface area contributed by atoms with Gasteiger partial charge in [-0.1, -0.05) is 30.3 Å². The molecule has 3 rings (SSSR count). The zero-order valence-corrected chi connectivity index (χ0v) is 11.8. The Morgan fingerprint density at radius 2 is 1.76 bits per heavy atom. The molecule has 0 bridgehead atoms. The minimum Gasteiger partial charge on any atom is -0.481 e. The van der Waals surface area contributed by atoms with Crippen LogP contribution in [0.25, 0.3) is 0 Å². The first-order chi connectivity index (χ1) is 10.2. The second kappa shape index (κ2) is 6.00. The Morgan fingerprint density at radius 3 is 2.62 bits per heavy atom. The molecule has 1 N–H and O–H groups in total. The third-order valence-electron chi connectivity index (χ3n) is 3.89. The van der Waals surface area contributed by atoms with E-state index in [4.69, 9.17) is 9.84 Å². The monoisotopic (exact) mass is 282 g/mol. The third-order valence-corrected chi connectivity index (χ3v) is 3.89. The molecule has 0 saturated carbocycles. The van der Waals surface area contributed by atoms with Crippen molar-refractivity contribution in [3.8, 4) is 11.5 Å². The summed E-state index contributed by atoms with van der Waals surface area (Å²) in [5.74, 6) is 0.657. The number of hydrogen-bond donors (Lipinski definition) is 1. The standard InChI is InChI=1S/C18H18O3/c19-18(20)12-14-7-2-4-10-16(14)21-17-11-5-8-13-6-1-3-9-15(13)17/h2,4-5,7-8,10-11H,1,3,6,9,12H2,(H,19,20). The molecule has 0 heterocycles. The van der Waals surface area contributed by atoms with Crippen molar-refractivity contribution in [1.29, 1.82) is 0 Å². The van der Waals surface area contributed by atoms with Crippen LogP contribution in [0.3, 0.4) is 0 Å². The van der Waals surface area contributed by atoms with Gasteiger partial charge in [-0.25, -0.2) is 0 Å². The average molecular weight is 282 g/mol. The lowest BCUT2D eigenvalue weighted by Gasteiger charge is -2.20. The molecule has 0 saturated heterocycles. The van der Waals surface area contributed by atoms with E-state index in [2.05, 4.69) is 6.07 Å². The molecule has 3 nitrogen and oxygen atoms in total. The number of rotatable bonds is 4. The van der Waals surface area contributed by atoms with Crippen molar-refractivity contribution in [3.05, 3.63) is 59.2 Å². The smallest absolute Gasteiger partial charge is 0.307 e. The van der Waals surface area contributed by atoms with Crippen LogP contribution in [0.5, 0.6) is 11.5 Å². The number of carboxylic acids is 1. The largest absolute Gasteiger partial charge is 0.481 e. The average Bonchev–Trinajstić information content (AvgIpc) is 2.49. The van der Waals surface area contributed by atoms with E-state index in [9.17, 15) is 4.79 Å². The normalized spacial score (nSPS) is 13.5. The van der Waals surface area contributed by atoms with E-state index in [-0.39, 0.29) is 6.42 Å². The maximum Gasteiger partial charge on any atom is 0.307 e. The lowest BCUT2D eigenvalue weighted by atomic mass is 9.91. The molecule has 2 aromatic rings. The van der Waals surface area contributed by atoms with Gasteiger partial charge in [0.25, 0.3) is 0 Å². The van der Waals surface area contributed by atoms with E-state index in [1.165, 1.54) is 24.0 Å². The third kappa shape index (κ3) is 3.07. The molecule has 0 atom stereocenters. The van der Waals surface area contributed by atoms with Crippen molar-refractivity contribution >= 4 is 5.97 Å². The summed E-state index contributed by atoms with van der Waals surface area (Å²) in [4.78, 5) is 11.0. The number of carbonyl (C=O) groups is 1. The first-order valence-electron chi connectivity index (χ1n) is 7.32. The fourth-order valence-corrected chi connectivity index (χ4v) is 2.87. The highest BCUT2D eigenvalue weighted by Gasteiger charge is 2.15. The summed E-state index contributed by atoms with van der Waals surface area (Å²) in [5, 5.41) is 8.99. The number of carboxylic acid groups (broad SMARTS) is 1. The van der Waals surface area contributed by atoms with Gasteiger partial charge in [-0.15, -0.1) is 0 Å². The van der Waals surface area contributed by atoms with Crippen molar-refractivity contribution in [2.45, 2.75) is 32.1 Å². The van der Waals surface area contributed by atoms with Crippen molar-refractivity contribution in [3.63, 3.8) is 0 Å². The second-order valence-electron chi connectivity index (χ2n) is 5.38.